The van der Waals surface area contributed by atoms with Crippen molar-refractivity contribution < 1.29 is 9.72 Å². The van der Waals surface area contributed by atoms with Gasteiger partial charge in [-0.2, -0.15) is 0 Å². The van der Waals surface area contributed by atoms with Gasteiger partial charge in [0.05, 0.1) is 4.92 Å². The molecule has 0 radical (unpaired) electrons. The molecule has 3 unspecified atom stereocenters. The Balaban J connectivity index is 0.00000300. The molecule has 29 heavy (non-hydrogen) atoms. The Hall–Kier alpha value is -1.86. The molecule has 0 aliphatic carbocycles. The lowest BCUT2D eigenvalue weighted by Gasteiger charge is -2.36. The van der Waals surface area contributed by atoms with E-state index in [0.717, 1.165) is 32.4 Å². The van der Waals surface area contributed by atoms with Gasteiger partial charge in [-0.15, -0.1) is 12.4 Å². The van der Waals surface area contributed by atoms with E-state index in [0.29, 0.717) is 42.1 Å². The van der Waals surface area contributed by atoms with Crippen molar-refractivity contribution in [2.24, 2.45) is 23.5 Å². The Morgan fingerprint density at radius 1 is 1.21 bits per heavy atom. The van der Waals surface area contributed by atoms with Crippen LogP contribution >= 0.6 is 12.4 Å². The molecule has 8 heteroatoms. The summed E-state index contributed by atoms with van der Waals surface area (Å²) >= 11 is 0. The molecule has 2 saturated heterocycles. The summed E-state index contributed by atoms with van der Waals surface area (Å²) < 4.78 is 0. The Morgan fingerprint density at radius 3 is 2.31 bits per heavy atom. The van der Waals surface area contributed by atoms with Crippen molar-refractivity contribution in [1.82, 2.24) is 4.90 Å². The maximum absolute atomic E-state index is 12.9. The van der Waals surface area contributed by atoms with Crippen LogP contribution in [0.5, 0.6) is 0 Å². The molecule has 2 aliphatic rings. The summed E-state index contributed by atoms with van der Waals surface area (Å²) in [7, 11) is 0. The lowest BCUT2D eigenvalue weighted by Crippen LogP contribution is -2.42. The van der Waals surface area contributed by atoms with E-state index in [4.69, 9.17) is 5.73 Å². The van der Waals surface area contributed by atoms with Gasteiger partial charge in [-0.25, -0.2) is 0 Å². The molecule has 7 nitrogen and oxygen atoms in total. The number of anilines is 1. The maximum Gasteiger partial charge on any atom is 0.293 e. The van der Waals surface area contributed by atoms with Gasteiger partial charge in [0.2, 0.25) is 0 Å². The molecule has 162 valence electrons. The molecule has 1 aromatic carbocycles. The molecule has 0 aromatic heterocycles. The molecule has 2 fully saturated rings. The summed E-state index contributed by atoms with van der Waals surface area (Å²) in [5, 5.41) is 11.7. The highest BCUT2D eigenvalue weighted by Crippen LogP contribution is 2.34. The van der Waals surface area contributed by atoms with Gasteiger partial charge < -0.3 is 15.5 Å². The monoisotopic (exact) mass is 424 g/mol. The topological polar surface area (TPSA) is 92.7 Å². The number of hydrogen-bond donors (Lipinski definition) is 1. The normalized spacial score (nSPS) is 24.0. The number of nitro benzene ring substituents is 1. The van der Waals surface area contributed by atoms with E-state index >= 15 is 0 Å². The van der Waals surface area contributed by atoms with Crippen LogP contribution in [0.25, 0.3) is 0 Å². The minimum atomic E-state index is -0.363. The van der Waals surface area contributed by atoms with E-state index in [2.05, 4.69) is 18.7 Å². The molecule has 1 amide bonds. The zero-order valence-corrected chi connectivity index (χ0v) is 18.4. The average Bonchev–Trinajstić information content (AvgIpc) is 2.66. The first kappa shape index (κ1) is 23.4. The van der Waals surface area contributed by atoms with E-state index < -0.39 is 0 Å². The van der Waals surface area contributed by atoms with Crippen molar-refractivity contribution >= 4 is 29.7 Å². The fraction of sp³-hybridized carbons (Fsp3) is 0.667. The second-order valence-electron chi connectivity index (χ2n) is 8.80. The molecule has 0 bridgehead atoms. The van der Waals surface area contributed by atoms with E-state index in [1.54, 1.807) is 17.0 Å². The third kappa shape index (κ3) is 5.39. The third-order valence-electron chi connectivity index (χ3n) is 6.20. The Morgan fingerprint density at radius 2 is 1.79 bits per heavy atom. The van der Waals surface area contributed by atoms with E-state index in [1.807, 2.05) is 6.92 Å². The standard InChI is InChI=1S/C21H32N4O3.ClH/c1-14-10-15(2)13-24(12-14)19-5-4-18(11-20(19)25(27)28)21(26)23-8-6-17(7-9-23)16(3)22;/h4-5,11,14-17H,6-10,12-13,22H2,1-3H3;1H. The van der Waals surface area contributed by atoms with Gasteiger partial charge in [-0.05, 0) is 56.1 Å². The summed E-state index contributed by atoms with van der Waals surface area (Å²) in [5.41, 5.74) is 7.02. The van der Waals surface area contributed by atoms with Gasteiger partial charge in [0, 0.05) is 43.9 Å². The first-order valence-corrected chi connectivity index (χ1v) is 10.3. The highest BCUT2D eigenvalue weighted by atomic mass is 35.5. The Labute approximate surface area is 179 Å². The summed E-state index contributed by atoms with van der Waals surface area (Å²) in [6.07, 6.45) is 2.90. The Bertz CT molecular complexity index is 725. The summed E-state index contributed by atoms with van der Waals surface area (Å²) in [6.45, 7) is 9.29. The Kier molecular flexibility index (Phi) is 7.88. The number of carbonyl (C=O) groups excluding carboxylic acids is 1. The molecular weight excluding hydrogens is 392 g/mol. The first-order chi connectivity index (χ1) is 13.3. The van der Waals surface area contributed by atoms with Crippen LogP contribution in [0.4, 0.5) is 11.4 Å². The van der Waals surface area contributed by atoms with Crippen LogP contribution in [-0.4, -0.2) is 48.0 Å². The second-order valence-corrected chi connectivity index (χ2v) is 8.80. The number of amides is 1. The van der Waals surface area contributed by atoms with E-state index in [-0.39, 0.29) is 35.0 Å². The van der Waals surface area contributed by atoms with Crippen molar-refractivity contribution in [3.05, 3.63) is 33.9 Å². The van der Waals surface area contributed by atoms with Crippen LogP contribution in [0.3, 0.4) is 0 Å². The zero-order chi connectivity index (χ0) is 20.4. The zero-order valence-electron chi connectivity index (χ0n) is 17.5. The number of halogens is 1. The predicted octanol–water partition coefficient (Wildman–Crippen LogP) is 3.70. The maximum atomic E-state index is 12.9. The number of likely N-dealkylation sites (tertiary alicyclic amines) is 1. The highest BCUT2D eigenvalue weighted by molar-refractivity contribution is 5.96. The van der Waals surface area contributed by atoms with Crippen LogP contribution in [-0.2, 0) is 0 Å². The minimum Gasteiger partial charge on any atom is -0.365 e. The second kappa shape index (κ2) is 9.76. The molecule has 1 aromatic rings. The molecule has 2 N–H and O–H groups in total. The fourth-order valence-electron chi connectivity index (χ4n) is 4.74. The van der Waals surface area contributed by atoms with Gasteiger partial charge in [-0.1, -0.05) is 13.8 Å². The lowest BCUT2D eigenvalue weighted by molar-refractivity contribution is -0.384. The lowest BCUT2D eigenvalue weighted by atomic mass is 9.90. The largest absolute Gasteiger partial charge is 0.365 e. The van der Waals surface area contributed by atoms with Gasteiger partial charge in [0.15, 0.2) is 0 Å². The molecule has 3 atom stereocenters. The van der Waals surface area contributed by atoms with Crippen molar-refractivity contribution in [3.8, 4) is 0 Å². The third-order valence-corrected chi connectivity index (χ3v) is 6.20. The average molecular weight is 425 g/mol. The summed E-state index contributed by atoms with van der Waals surface area (Å²) in [5.74, 6) is 1.30. The number of carbonyl (C=O) groups is 1. The van der Waals surface area contributed by atoms with Gasteiger partial charge in [0.25, 0.3) is 11.6 Å². The fourth-order valence-corrected chi connectivity index (χ4v) is 4.74. The van der Waals surface area contributed by atoms with E-state index in [9.17, 15) is 14.9 Å². The quantitative estimate of drug-likeness (QED) is 0.587. The SMILES string of the molecule is CC1CC(C)CN(c2ccc(C(=O)N3CCC(C(C)N)CC3)cc2[N+](=O)[O-])C1.Cl. The molecule has 2 heterocycles. The van der Waals surface area contributed by atoms with Crippen molar-refractivity contribution in [2.75, 3.05) is 31.1 Å². The number of piperidine rings is 2. The molecule has 0 spiro atoms. The van der Waals surface area contributed by atoms with Crippen LogP contribution in [0.2, 0.25) is 0 Å². The van der Waals surface area contributed by atoms with Crippen molar-refractivity contribution in [3.63, 3.8) is 0 Å². The van der Waals surface area contributed by atoms with Crippen molar-refractivity contribution in [1.29, 1.82) is 0 Å². The highest BCUT2D eigenvalue weighted by Gasteiger charge is 2.30. The minimum absolute atomic E-state index is 0. The summed E-state index contributed by atoms with van der Waals surface area (Å²) in [6, 6.07) is 5.09. The number of rotatable bonds is 4. The predicted molar refractivity (Wildman–Crippen MR) is 118 cm³/mol. The molecule has 2 aliphatic heterocycles. The van der Waals surface area contributed by atoms with Crippen LogP contribution in [0, 0.1) is 27.9 Å². The number of benzene rings is 1. The molecular formula is C21H33ClN4O3. The summed E-state index contributed by atoms with van der Waals surface area (Å²) in [4.78, 5) is 28.2. The van der Waals surface area contributed by atoms with Gasteiger partial charge in [-0.3, -0.25) is 14.9 Å². The smallest absolute Gasteiger partial charge is 0.293 e. The number of nitrogens with zero attached hydrogens (tertiary/aromatic N) is 3. The molecule has 0 saturated carbocycles. The first-order valence-electron chi connectivity index (χ1n) is 10.3. The number of hydrogen-bond acceptors (Lipinski definition) is 5. The number of nitro groups is 1. The number of nitrogens with two attached hydrogens (primary N) is 1. The van der Waals surface area contributed by atoms with Crippen molar-refractivity contribution in [2.45, 2.75) is 46.1 Å². The molecule has 3 rings (SSSR count). The van der Waals surface area contributed by atoms with Crippen LogP contribution in [0.15, 0.2) is 18.2 Å². The van der Waals surface area contributed by atoms with E-state index in [1.165, 1.54) is 6.07 Å². The van der Waals surface area contributed by atoms with Crippen LogP contribution in [0.1, 0.15) is 50.4 Å². The van der Waals surface area contributed by atoms with Gasteiger partial charge in [0.1, 0.15) is 5.69 Å². The van der Waals surface area contributed by atoms with Crippen LogP contribution < -0.4 is 10.6 Å². The van der Waals surface area contributed by atoms with Gasteiger partial charge >= 0.3 is 0 Å².